The average Bonchev–Trinajstić information content (AvgIpc) is 2.32. The van der Waals surface area contributed by atoms with Crippen LogP contribution in [0.25, 0.3) is 0 Å². The summed E-state index contributed by atoms with van der Waals surface area (Å²) < 4.78 is 62.4. The quantitative estimate of drug-likeness (QED) is 0.393. The zero-order chi connectivity index (χ0) is 16.6. The summed E-state index contributed by atoms with van der Waals surface area (Å²) in [6.45, 7) is 7.47. The first kappa shape index (κ1) is 20.6. The minimum Gasteiger partial charge on any atom is -0.211 e. The highest BCUT2D eigenvalue weighted by molar-refractivity contribution is 4.71. The maximum atomic E-state index is 12.5. The highest BCUT2D eigenvalue weighted by Crippen LogP contribution is 2.34. The fourth-order valence-electron chi connectivity index (χ4n) is 2.94. The predicted molar refractivity (Wildman–Crippen MR) is 76.4 cm³/mol. The van der Waals surface area contributed by atoms with E-state index in [4.69, 9.17) is 0 Å². The molecule has 0 aromatic rings. The van der Waals surface area contributed by atoms with Gasteiger partial charge >= 0.3 is 6.18 Å². The fourth-order valence-corrected chi connectivity index (χ4v) is 2.94. The van der Waals surface area contributed by atoms with Gasteiger partial charge in [0.05, 0.1) is 0 Å². The third-order valence-corrected chi connectivity index (χ3v) is 4.48. The van der Waals surface area contributed by atoms with Crippen LogP contribution < -0.4 is 0 Å². The van der Waals surface area contributed by atoms with E-state index in [0.29, 0.717) is 19.3 Å². The molecule has 0 spiro atoms. The SMILES string of the molecule is CCC(CC(F)(F)F)C(C)CCCC(CC(F)F)C(C)C. The van der Waals surface area contributed by atoms with Gasteiger partial charge in [-0.2, -0.15) is 13.2 Å². The lowest BCUT2D eigenvalue weighted by Gasteiger charge is -2.25. The lowest BCUT2D eigenvalue weighted by Crippen LogP contribution is -2.21. The molecule has 0 heterocycles. The number of rotatable bonds is 10. The maximum absolute atomic E-state index is 12.5. The third kappa shape index (κ3) is 10.1. The van der Waals surface area contributed by atoms with Crippen molar-refractivity contribution in [1.29, 1.82) is 0 Å². The topological polar surface area (TPSA) is 0 Å². The van der Waals surface area contributed by atoms with E-state index in [1.165, 1.54) is 0 Å². The molecular formula is C16H29F5. The van der Waals surface area contributed by atoms with Crippen molar-refractivity contribution in [3.05, 3.63) is 0 Å². The van der Waals surface area contributed by atoms with Crippen LogP contribution in [0.4, 0.5) is 22.0 Å². The Labute approximate surface area is 125 Å². The summed E-state index contributed by atoms with van der Waals surface area (Å²) in [5.74, 6) is -0.236. The summed E-state index contributed by atoms with van der Waals surface area (Å²) in [6.07, 6.45) is -4.68. The summed E-state index contributed by atoms with van der Waals surface area (Å²) in [4.78, 5) is 0. The predicted octanol–water partition coefficient (Wildman–Crippen LogP) is 6.70. The average molecular weight is 316 g/mol. The molecule has 5 heteroatoms. The lowest BCUT2D eigenvalue weighted by atomic mass is 9.82. The third-order valence-electron chi connectivity index (χ3n) is 4.48. The Hall–Kier alpha value is -0.350. The van der Waals surface area contributed by atoms with Crippen molar-refractivity contribution in [2.24, 2.45) is 23.7 Å². The van der Waals surface area contributed by atoms with Crippen molar-refractivity contribution in [3.8, 4) is 0 Å². The fraction of sp³-hybridized carbons (Fsp3) is 1.00. The van der Waals surface area contributed by atoms with E-state index < -0.39 is 19.0 Å². The minimum absolute atomic E-state index is 0.0176. The molecule has 0 amide bonds. The van der Waals surface area contributed by atoms with Crippen molar-refractivity contribution in [1.82, 2.24) is 0 Å². The van der Waals surface area contributed by atoms with E-state index in [2.05, 4.69) is 0 Å². The van der Waals surface area contributed by atoms with Gasteiger partial charge in [0.2, 0.25) is 6.43 Å². The van der Waals surface area contributed by atoms with E-state index in [-0.39, 0.29) is 30.1 Å². The molecule has 0 saturated heterocycles. The highest BCUT2D eigenvalue weighted by atomic mass is 19.4. The molecule has 0 saturated carbocycles. The van der Waals surface area contributed by atoms with Gasteiger partial charge in [0, 0.05) is 12.8 Å². The van der Waals surface area contributed by atoms with Crippen molar-refractivity contribution in [3.63, 3.8) is 0 Å². The monoisotopic (exact) mass is 316 g/mol. The Morgan fingerprint density at radius 1 is 0.905 bits per heavy atom. The van der Waals surface area contributed by atoms with Gasteiger partial charge in [-0.3, -0.25) is 0 Å². The van der Waals surface area contributed by atoms with Crippen LogP contribution >= 0.6 is 0 Å². The van der Waals surface area contributed by atoms with Gasteiger partial charge in [-0.05, 0) is 30.1 Å². The molecule has 0 aliphatic heterocycles. The minimum atomic E-state index is -4.12. The molecule has 0 bridgehead atoms. The second-order valence-corrected chi connectivity index (χ2v) is 6.53. The molecule has 3 atom stereocenters. The Morgan fingerprint density at radius 2 is 1.48 bits per heavy atom. The molecule has 0 aromatic carbocycles. The number of hydrogen-bond acceptors (Lipinski definition) is 0. The van der Waals surface area contributed by atoms with E-state index >= 15 is 0 Å². The summed E-state index contributed by atoms with van der Waals surface area (Å²) >= 11 is 0. The van der Waals surface area contributed by atoms with Gasteiger partial charge < -0.3 is 0 Å². The molecule has 0 rings (SSSR count). The Balaban J connectivity index is 4.23. The van der Waals surface area contributed by atoms with E-state index in [1.807, 2.05) is 20.8 Å². The first-order valence-corrected chi connectivity index (χ1v) is 7.91. The van der Waals surface area contributed by atoms with Gasteiger partial charge in [0.1, 0.15) is 0 Å². The number of halogens is 5. The zero-order valence-electron chi connectivity index (χ0n) is 13.5. The normalized spacial score (nSPS) is 17.3. The Bertz CT molecular complexity index is 260. The van der Waals surface area contributed by atoms with Crippen LogP contribution in [0.5, 0.6) is 0 Å². The van der Waals surface area contributed by atoms with Gasteiger partial charge in [-0.25, -0.2) is 8.78 Å². The maximum Gasteiger partial charge on any atom is 0.389 e. The number of alkyl halides is 5. The van der Waals surface area contributed by atoms with Crippen molar-refractivity contribution in [2.75, 3.05) is 0 Å². The summed E-state index contributed by atoms with van der Waals surface area (Å²) in [6, 6.07) is 0. The largest absolute Gasteiger partial charge is 0.389 e. The van der Waals surface area contributed by atoms with Gasteiger partial charge in [-0.1, -0.05) is 47.0 Å². The lowest BCUT2D eigenvalue weighted by molar-refractivity contribution is -0.148. The van der Waals surface area contributed by atoms with Gasteiger partial charge in [0.25, 0.3) is 0 Å². The summed E-state index contributed by atoms with van der Waals surface area (Å²) in [5, 5.41) is 0. The first-order chi connectivity index (χ1) is 9.56. The molecule has 0 aliphatic carbocycles. The van der Waals surface area contributed by atoms with E-state index in [1.54, 1.807) is 6.92 Å². The summed E-state index contributed by atoms with van der Waals surface area (Å²) in [5.41, 5.74) is 0. The molecule has 3 unspecified atom stereocenters. The second-order valence-electron chi connectivity index (χ2n) is 6.53. The van der Waals surface area contributed by atoms with Crippen LogP contribution in [0.2, 0.25) is 0 Å². The smallest absolute Gasteiger partial charge is 0.211 e. The summed E-state index contributed by atoms with van der Waals surface area (Å²) in [7, 11) is 0. The molecule has 0 aliphatic rings. The van der Waals surface area contributed by atoms with Crippen molar-refractivity contribution >= 4 is 0 Å². The van der Waals surface area contributed by atoms with Crippen LogP contribution in [0.3, 0.4) is 0 Å². The van der Waals surface area contributed by atoms with E-state index in [0.717, 1.165) is 6.42 Å². The molecule has 128 valence electrons. The van der Waals surface area contributed by atoms with Crippen molar-refractivity contribution in [2.45, 2.75) is 78.8 Å². The highest BCUT2D eigenvalue weighted by Gasteiger charge is 2.33. The second kappa shape index (κ2) is 9.62. The van der Waals surface area contributed by atoms with Gasteiger partial charge in [0.15, 0.2) is 0 Å². The molecule has 0 nitrogen and oxygen atoms in total. The molecule has 0 fully saturated rings. The first-order valence-electron chi connectivity index (χ1n) is 7.91. The van der Waals surface area contributed by atoms with Crippen LogP contribution in [-0.2, 0) is 0 Å². The van der Waals surface area contributed by atoms with Crippen LogP contribution in [-0.4, -0.2) is 12.6 Å². The molecule has 21 heavy (non-hydrogen) atoms. The molecule has 0 radical (unpaired) electrons. The van der Waals surface area contributed by atoms with Crippen molar-refractivity contribution < 1.29 is 22.0 Å². The zero-order valence-corrected chi connectivity index (χ0v) is 13.5. The molecule has 0 aromatic heterocycles. The molecule has 0 N–H and O–H groups in total. The van der Waals surface area contributed by atoms with Crippen LogP contribution in [0.1, 0.15) is 66.2 Å². The Morgan fingerprint density at radius 3 is 1.86 bits per heavy atom. The van der Waals surface area contributed by atoms with Gasteiger partial charge in [-0.15, -0.1) is 0 Å². The van der Waals surface area contributed by atoms with E-state index in [9.17, 15) is 22.0 Å². The number of hydrogen-bond donors (Lipinski definition) is 0. The Kier molecular flexibility index (Phi) is 9.46. The molecular weight excluding hydrogens is 287 g/mol. The van der Waals surface area contributed by atoms with Crippen LogP contribution in [0.15, 0.2) is 0 Å². The van der Waals surface area contributed by atoms with Crippen LogP contribution in [0, 0.1) is 23.7 Å². The standard InChI is InChI=1S/C16H29F5/c1-5-13(10-16(19,20)21)12(4)7-6-8-14(11(2)3)9-15(17)18/h11-15H,5-10H2,1-4H3.